The Hall–Kier alpha value is -1.47. The molecule has 1 amide bonds. The van der Waals surface area contributed by atoms with Gasteiger partial charge in [-0.2, -0.15) is 0 Å². The Bertz CT molecular complexity index is 567. The van der Waals surface area contributed by atoms with Crippen molar-refractivity contribution < 1.29 is 19.0 Å². The van der Waals surface area contributed by atoms with Gasteiger partial charge in [0.15, 0.2) is 11.5 Å². The first kappa shape index (κ1) is 15.4. The first-order valence-electron chi connectivity index (χ1n) is 7.36. The smallest absolute Gasteiger partial charge is 0.242 e. The second kappa shape index (κ2) is 6.75. The Balaban J connectivity index is 1.62. The van der Waals surface area contributed by atoms with Gasteiger partial charge < -0.3 is 24.4 Å². The van der Waals surface area contributed by atoms with Crippen molar-refractivity contribution in [1.82, 2.24) is 4.90 Å². The molecule has 1 aromatic rings. The van der Waals surface area contributed by atoms with Crippen molar-refractivity contribution in [2.24, 2.45) is 0 Å². The maximum Gasteiger partial charge on any atom is 0.242 e. The third kappa shape index (κ3) is 3.47. The molecular weight excluding hydrogens is 352 g/mol. The van der Waals surface area contributed by atoms with Gasteiger partial charge >= 0.3 is 0 Å². The van der Waals surface area contributed by atoms with Crippen molar-refractivity contribution in [3.8, 4) is 11.5 Å². The summed E-state index contributed by atoms with van der Waals surface area (Å²) in [7, 11) is 0. The van der Waals surface area contributed by atoms with E-state index in [0.717, 1.165) is 15.9 Å². The summed E-state index contributed by atoms with van der Waals surface area (Å²) in [5.74, 6) is 1.48. The van der Waals surface area contributed by atoms with Crippen LogP contribution < -0.4 is 14.8 Å². The number of nitrogens with zero attached hydrogens (tertiary/aromatic N) is 1. The molecule has 0 unspecified atom stereocenters. The van der Waals surface area contributed by atoms with E-state index < -0.39 is 0 Å². The number of carbonyl (C=O) groups excluding carboxylic acids is 1. The van der Waals surface area contributed by atoms with Gasteiger partial charge in [0.2, 0.25) is 5.91 Å². The normalized spacial score (nSPS) is 20.6. The maximum atomic E-state index is 12.3. The van der Waals surface area contributed by atoms with Crippen LogP contribution in [0.15, 0.2) is 16.6 Å². The van der Waals surface area contributed by atoms with E-state index in [0.29, 0.717) is 38.7 Å². The minimum atomic E-state index is 0.0666. The van der Waals surface area contributed by atoms with Gasteiger partial charge in [-0.15, -0.1) is 0 Å². The number of carbonyl (C=O) groups is 1. The minimum absolute atomic E-state index is 0.0666. The van der Waals surface area contributed by atoms with Crippen molar-refractivity contribution >= 4 is 27.5 Å². The van der Waals surface area contributed by atoms with Gasteiger partial charge in [-0.25, -0.2) is 0 Å². The zero-order valence-electron chi connectivity index (χ0n) is 12.4. The number of anilines is 1. The highest BCUT2D eigenvalue weighted by Crippen LogP contribution is 2.38. The Morgan fingerprint density at radius 3 is 2.77 bits per heavy atom. The van der Waals surface area contributed by atoms with Gasteiger partial charge in [-0.1, -0.05) is 0 Å². The summed E-state index contributed by atoms with van der Waals surface area (Å²) in [6.45, 7) is 5.20. The zero-order valence-corrected chi connectivity index (χ0v) is 14.0. The molecule has 0 saturated carbocycles. The summed E-state index contributed by atoms with van der Waals surface area (Å²) in [4.78, 5) is 14.1. The van der Waals surface area contributed by atoms with Crippen LogP contribution in [0.4, 0.5) is 5.69 Å². The Kier molecular flexibility index (Phi) is 4.73. The summed E-state index contributed by atoms with van der Waals surface area (Å²) >= 11 is 3.49. The molecule has 22 heavy (non-hydrogen) atoms. The third-order valence-corrected chi connectivity index (χ3v) is 4.31. The predicted octanol–water partition coefficient (Wildman–Crippen LogP) is 1.88. The topological polar surface area (TPSA) is 60.0 Å². The molecule has 0 bridgehead atoms. The minimum Gasteiger partial charge on any atom is -0.486 e. The van der Waals surface area contributed by atoms with Gasteiger partial charge in [-0.05, 0) is 22.9 Å². The first-order valence-corrected chi connectivity index (χ1v) is 8.15. The monoisotopic (exact) mass is 370 g/mol. The number of hydrogen-bond acceptors (Lipinski definition) is 5. The fraction of sp³-hybridized carbons (Fsp3) is 0.533. The Morgan fingerprint density at radius 2 is 2.05 bits per heavy atom. The average molecular weight is 371 g/mol. The van der Waals surface area contributed by atoms with Crippen LogP contribution >= 0.6 is 15.9 Å². The fourth-order valence-corrected chi connectivity index (χ4v) is 2.99. The van der Waals surface area contributed by atoms with E-state index >= 15 is 0 Å². The van der Waals surface area contributed by atoms with Crippen molar-refractivity contribution in [3.05, 3.63) is 16.6 Å². The molecule has 1 saturated heterocycles. The van der Waals surface area contributed by atoms with E-state index in [4.69, 9.17) is 14.2 Å². The lowest BCUT2D eigenvalue weighted by Crippen LogP contribution is -2.46. The number of benzene rings is 1. The highest BCUT2D eigenvalue weighted by atomic mass is 79.9. The summed E-state index contributed by atoms with van der Waals surface area (Å²) < 4.78 is 17.4. The molecule has 2 aliphatic rings. The molecule has 0 aromatic heterocycles. The second-order valence-electron chi connectivity index (χ2n) is 5.35. The van der Waals surface area contributed by atoms with Crippen molar-refractivity contribution in [2.75, 3.05) is 44.8 Å². The van der Waals surface area contributed by atoms with E-state index in [1.54, 1.807) is 0 Å². The lowest BCUT2D eigenvalue weighted by molar-refractivity contribution is -0.136. The number of morpholine rings is 1. The Morgan fingerprint density at radius 1 is 1.32 bits per heavy atom. The Labute approximate surface area is 137 Å². The van der Waals surface area contributed by atoms with Gasteiger partial charge in [-0.3, -0.25) is 4.79 Å². The summed E-state index contributed by atoms with van der Waals surface area (Å²) in [6.07, 6.45) is 0.0960. The van der Waals surface area contributed by atoms with Crippen LogP contribution in [0.5, 0.6) is 11.5 Å². The van der Waals surface area contributed by atoms with Gasteiger partial charge in [0.1, 0.15) is 13.2 Å². The lowest BCUT2D eigenvalue weighted by atomic mass is 10.2. The summed E-state index contributed by atoms with van der Waals surface area (Å²) in [6, 6.07) is 3.71. The van der Waals surface area contributed by atoms with Crippen molar-refractivity contribution in [3.63, 3.8) is 0 Å². The molecule has 1 aromatic carbocycles. The molecule has 2 aliphatic heterocycles. The average Bonchev–Trinajstić information content (AvgIpc) is 2.52. The zero-order chi connectivity index (χ0) is 15.5. The van der Waals surface area contributed by atoms with Crippen molar-refractivity contribution in [2.45, 2.75) is 13.0 Å². The van der Waals surface area contributed by atoms with Crippen LogP contribution in [0, 0.1) is 0 Å². The van der Waals surface area contributed by atoms with E-state index in [9.17, 15) is 4.79 Å². The molecule has 2 heterocycles. The SMILES string of the molecule is C[C@H]1CN(C(=O)CNc2cc3c(cc2Br)OCCO3)CCO1. The molecule has 0 aliphatic carbocycles. The third-order valence-electron chi connectivity index (χ3n) is 3.66. The van der Waals surface area contributed by atoms with Crippen LogP contribution in [0.1, 0.15) is 6.92 Å². The largest absolute Gasteiger partial charge is 0.486 e. The first-order chi connectivity index (χ1) is 10.6. The molecule has 120 valence electrons. The number of fused-ring (bicyclic) bond motifs is 1. The predicted molar refractivity (Wildman–Crippen MR) is 85.6 cm³/mol. The second-order valence-corrected chi connectivity index (χ2v) is 6.20. The van der Waals surface area contributed by atoms with E-state index in [1.165, 1.54) is 0 Å². The number of halogens is 1. The highest BCUT2D eigenvalue weighted by Gasteiger charge is 2.21. The summed E-state index contributed by atoms with van der Waals surface area (Å²) in [5.41, 5.74) is 0.818. The number of hydrogen-bond donors (Lipinski definition) is 1. The lowest BCUT2D eigenvalue weighted by Gasteiger charge is -2.31. The van der Waals surface area contributed by atoms with Crippen molar-refractivity contribution in [1.29, 1.82) is 0 Å². The highest BCUT2D eigenvalue weighted by molar-refractivity contribution is 9.10. The molecule has 1 N–H and O–H groups in total. The van der Waals surface area contributed by atoms with Gasteiger partial charge in [0.25, 0.3) is 0 Å². The summed E-state index contributed by atoms with van der Waals surface area (Å²) in [5, 5.41) is 3.16. The van der Waals surface area contributed by atoms with Crippen LogP contribution in [-0.2, 0) is 9.53 Å². The quantitative estimate of drug-likeness (QED) is 0.879. The molecule has 7 heteroatoms. The molecule has 0 radical (unpaired) electrons. The van der Waals surface area contributed by atoms with Gasteiger partial charge in [0.05, 0.1) is 24.9 Å². The molecule has 1 atom stereocenters. The molecule has 0 spiro atoms. The number of ether oxygens (including phenoxy) is 3. The van der Waals surface area contributed by atoms with E-state index in [2.05, 4.69) is 21.2 Å². The van der Waals surface area contributed by atoms with Crippen LogP contribution in [0.25, 0.3) is 0 Å². The molecule has 3 rings (SSSR count). The number of rotatable bonds is 3. The number of amides is 1. The van der Waals surface area contributed by atoms with E-state index in [1.807, 2.05) is 24.0 Å². The van der Waals surface area contributed by atoms with Gasteiger partial charge in [0, 0.05) is 29.7 Å². The fourth-order valence-electron chi connectivity index (χ4n) is 2.53. The molecule has 6 nitrogen and oxygen atoms in total. The standard InChI is InChI=1S/C15H19BrN2O4/c1-10-9-18(2-3-20-10)15(19)8-17-12-7-14-13(6-11(12)16)21-4-5-22-14/h6-7,10,17H,2-5,8-9H2,1H3/t10-/m0/s1. The molecule has 1 fully saturated rings. The maximum absolute atomic E-state index is 12.3. The van der Waals surface area contributed by atoms with Crippen LogP contribution in [0.2, 0.25) is 0 Å². The van der Waals surface area contributed by atoms with E-state index in [-0.39, 0.29) is 18.6 Å². The van der Waals surface area contributed by atoms with Crippen LogP contribution in [0.3, 0.4) is 0 Å². The van der Waals surface area contributed by atoms with Crippen LogP contribution in [-0.4, -0.2) is 56.4 Å². The molecular formula is C15H19BrN2O4. The number of nitrogens with one attached hydrogen (secondary N) is 1.